The number of hydrogen-bond donors (Lipinski definition) is 1. The smallest absolute Gasteiger partial charge is 0.230 e. The van der Waals surface area contributed by atoms with Gasteiger partial charge in [0.2, 0.25) is 5.91 Å². The van der Waals surface area contributed by atoms with Gasteiger partial charge in [-0.3, -0.25) is 4.79 Å². The summed E-state index contributed by atoms with van der Waals surface area (Å²) >= 11 is 0. The Morgan fingerprint density at radius 3 is 2.70 bits per heavy atom. The van der Waals surface area contributed by atoms with Gasteiger partial charge in [0.15, 0.2) is 11.6 Å². The van der Waals surface area contributed by atoms with Crippen molar-refractivity contribution in [2.24, 2.45) is 5.41 Å². The van der Waals surface area contributed by atoms with Gasteiger partial charge in [-0.2, -0.15) is 0 Å². The van der Waals surface area contributed by atoms with Crippen LogP contribution in [0.4, 0.5) is 8.78 Å². The van der Waals surface area contributed by atoms with Crippen molar-refractivity contribution >= 4 is 5.91 Å². The number of nitrogens with one attached hydrogen (secondary N) is 1. The fraction of sp³-hybridized carbons (Fsp3) is 0.533. The Hall–Kier alpha value is -1.49. The second kappa shape index (κ2) is 5.87. The van der Waals surface area contributed by atoms with E-state index >= 15 is 0 Å². The fourth-order valence-corrected chi connectivity index (χ4v) is 2.57. The van der Waals surface area contributed by atoms with E-state index in [0.29, 0.717) is 25.2 Å². The lowest BCUT2D eigenvalue weighted by molar-refractivity contribution is -0.140. The van der Waals surface area contributed by atoms with Crippen LogP contribution in [0.5, 0.6) is 0 Å². The quantitative estimate of drug-likeness (QED) is 0.919. The van der Waals surface area contributed by atoms with Gasteiger partial charge in [-0.15, -0.1) is 0 Å². The summed E-state index contributed by atoms with van der Waals surface area (Å²) in [6, 6.07) is 3.77. The van der Waals surface area contributed by atoms with Gasteiger partial charge in [-0.25, -0.2) is 8.78 Å². The predicted octanol–water partition coefficient (Wildman–Crippen LogP) is 2.31. The molecule has 1 aliphatic rings. The molecule has 0 aliphatic carbocycles. The van der Waals surface area contributed by atoms with Crippen molar-refractivity contribution < 1.29 is 13.6 Å². The molecule has 1 unspecified atom stereocenters. The first-order valence-electron chi connectivity index (χ1n) is 6.90. The van der Waals surface area contributed by atoms with Crippen LogP contribution in [0.2, 0.25) is 0 Å². The van der Waals surface area contributed by atoms with Crippen molar-refractivity contribution in [3.8, 4) is 0 Å². The Morgan fingerprint density at radius 2 is 2.15 bits per heavy atom. The van der Waals surface area contributed by atoms with Crippen molar-refractivity contribution in [1.29, 1.82) is 0 Å². The molecular weight excluding hydrogens is 262 g/mol. The molecule has 5 heteroatoms. The first-order valence-corrected chi connectivity index (χ1v) is 6.90. The summed E-state index contributed by atoms with van der Waals surface area (Å²) in [5, 5.41) is 3.20. The molecule has 110 valence electrons. The Bertz CT molecular complexity index is 499. The van der Waals surface area contributed by atoms with Crippen molar-refractivity contribution in [2.75, 3.05) is 19.6 Å². The minimum absolute atomic E-state index is 0.0646. The summed E-state index contributed by atoms with van der Waals surface area (Å²) in [5.74, 6) is -1.68. The number of benzene rings is 1. The maximum absolute atomic E-state index is 13.2. The van der Waals surface area contributed by atoms with Gasteiger partial charge < -0.3 is 10.2 Å². The highest BCUT2D eigenvalue weighted by Crippen LogP contribution is 2.28. The topological polar surface area (TPSA) is 32.3 Å². The molecule has 0 spiro atoms. The van der Waals surface area contributed by atoms with E-state index in [1.807, 2.05) is 13.8 Å². The molecule has 20 heavy (non-hydrogen) atoms. The largest absolute Gasteiger partial charge is 0.338 e. The number of rotatable bonds is 4. The van der Waals surface area contributed by atoms with E-state index in [1.54, 1.807) is 4.90 Å². The van der Waals surface area contributed by atoms with E-state index in [1.165, 1.54) is 6.07 Å². The van der Waals surface area contributed by atoms with Gasteiger partial charge in [-0.05, 0) is 44.5 Å². The molecule has 3 nitrogen and oxygen atoms in total. The standard InChI is InChI=1S/C15H20F2N2O/c1-3-19(14(20)15(2)6-7-18-10-15)9-11-4-5-12(16)13(17)8-11/h4-5,8,18H,3,6-7,9-10H2,1-2H3. The molecule has 1 N–H and O–H groups in total. The Kier molecular flexibility index (Phi) is 4.38. The van der Waals surface area contributed by atoms with Gasteiger partial charge in [0.25, 0.3) is 0 Å². The Balaban J connectivity index is 2.12. The summed E-state index contributed by atoms with van der Waals surface area (Å²) in [6.07, 6.45) is 0.806. The third-order valence-electron chi connectivity index (χ3n) is 3.91. The van der Waals surface area contributed by atoms with E-state index in [9.17, 15) is 13.6 Å². The van der Waals surface area contributed by atoms with E-state index < -0.39 is 17.0 Å². The molecule has 0 radical (unpaired) electrons. The zero-order valence-electron chi connectivity index (χ0n) is 11.9. The van der Waals surface area contributed by atoms with Gasteiger partial charge in [0.05, 0.1) is 5.41 Å². The molecule has 0 bridgehead atoms. The molecule has 1 amide bonds. The van der Waals surface area contributed by atoms with Crippen LogP contribution in [0, 0.1) is 17.0 Å². The van der Waals surface area contributed by atoms with Crippen molar-refractivity contribution in [3.05, 3.63) is 35.4 Å². The summed E-state index contributed by atoms with van der Waals surface area (Å²) < 4.78 is 26.1. The number of carbonyl (C=O) groups excluding carboxylic acids is 1. The van der Waals surface area contributed by atoms with E-state index in [0.717, 1.165) is 25.1 Å². The summed E-state index contributed by atoms with van der Waals surface area (Å²) in [7, 11) is 0. The zero-order valence-corrected chi connectivity index (χ0v) is 11.9. The van der Waals surface area contributed by atoms with Crippen LogP contribution < -0.4 is 5.32 Å². The summed E-state index contributed by atoms with van der Waals surface area (Å²) in [4.78, 5) is 14.3. The van der Waals surface area contributed by atoms with Crippen LogP contribution in [0.1, 0.15) is 25.8 Å². The summed E-state index contributed by atoms with van der Waals surface area (Å²) in [6.45, 7) is 6.20. The molecule has 1 aromatic carbocycles. The minimum Gasteiger partial charge on any atom is -0.338 e. The Labute approximate surface area is 118 Å². The van der Waals surface area contributed by atoms with E-state index in [4.69, 9.17) is 0 Å². The molecule has 1 heterocycles. The molecular formula is C15H20F2N2O. The van der Waals surface area contributed by atoms with Gasteiger partial charge in [-0.1, -0.05) is 6.07 Å². The van der Waals surface area contributed by atoms with Gasteiger partial charge >= 0.3 is 0 Å². The highest BCUT2D eigenvalue weighted by molar-refractivity contribution is 5.83. The number of carbonyl (C=O) groups is 1. The van der Waals surface area contributed by atoms with Crippen LogP contribution in [-0.2, 0) is 11.3 Å². The third-order valence-corrected chi connectivity index (χ3v) is 3.91. The molecule has 1 saturated heterocycles. The lowest BCUT2D eigenvalue weighted by Gasteiger charge is -2.30. The van der Waals surface area contributed by atoms with E-state index in [2.05, 4.69) is 5.32 Å². The first kappa shape index (κ1) is 14.9. The Morgan fingerprint density at radius 1 is 1.40 bits per heavy atom. The van der Waals surface area contributed by atoms with E-state index in [-0.39, 0.29) is 5.91 Å². The highest BCUT2D eigenvalue weighted by atomic mass is 19.2. The van der Waals surface area contributed by atoms with Crippen LogP contribution in [0.3, 0.4) is 0 Å². The molecule has 0 saturated carbocycles. The molecule has 1 fully saturated rings. The number of hydrogen-bond acceptors (Lipinski definition) is 2. The number of nitrogens with zero attached hydrogens (tertiary/aromatic N) is 1. The second-order valence-electron chi connectivity index (χ2n) is 5.56. The van der Waals surface area contributed by atoms with Gasteiger partial charge in [0, 0.05) is 19.6 Å². The van der Waals surface area contributed by atoms with Gasteiger partial charge in [0.1, 0.15) is 0 Å². The van der Waals surface area contributed by atoms with Crippen molar-refractivity contribution in [2.45, 2.75) is 26.8 Å². The molecule has 1 aromatic rings. The third kappa shape index (κ3) is 2.98. The predicted molar refractivity (Wildman–Crippen MR) is 73.0 cm³/mol. The van der Waals surface area contributed by atoms with Crippen molar-refractivity contribution in [1.82, 2.24) is 10.2 Å². The zero-order chi connectivity index (χ0) is 14.8. The monoisotopic (exact) mass is 282 g/mol. The highest BCUT2D eigenvalue weighted by Gasteiger charge is 2.38. The molecule has 1 atom stereocenters. The fourth-order valence-electron chi connectivity index (χ4n) is 2.57. The second-order valence-corrected chi connectivity index (χ2v) is 5.56. The number of halogens is 2. The molecule has 2 rings (SSSR count). The lowest BCUT2D eigenvalue weighted by Crippen LogP contribution is -2.43. The normalized spacial score (nSPS) is 22.0. The minimum atomic E-state index is -0.875. The SMILES string of the molecule is CCN(Cc1ccc(F)c(F)c1)C(=O)C1(C)CCNC1. The molecule has 1 aliphatic heterocycles. The van der Waals surface area contributed by atoms with Crippen LogP contribution in [0.25, 0.3) is 0 Å². The average molecular weight is 282 g/mol. The lowest BCUT2D eigenvalue weighted by atomic mass is 9.88. The average Bonchev–Trinajstić information content (AvgIpc) is 2.87. The van der Waals surface area contributed by atoms with Crippen LogP contribution in [-0.4, -0.2) is 30.4 Å². The molecule has 0 aromatic heterocycles. The van der Waals surface area contributed by atoms with Crippen molar-refractivity contribution in [3.63, 3.8) is 0 Å². The maximum Gasteiger partial charge on any atom is 0.230 e. The first-order chi connectivity index (χ1) is 9.46. The maximum atomic E-state index is 13.2. The summed E-state index contributed by atoms with van der Waals surface area (Å²) in [5.41, 5.74) is 0.211. The van der Waals surface area contributed by atoms with Crippen LogP contribution >= 0.6 is 0 Å². The van der Waals surface area contributed by atoms with Crippen LogP contribution in [0.15, 0.2) is 18.2 Å². The number of amides is 1.